The summed E-state index contributed by atoms with van der Waals surface area (Å²) in [5, 5.41) is 10.1. The molecule has 1 aliphatic heterocycles. The van der Waals surface area contributed by atoms with E-state index in [-0.39, 0.29) is 5.75 Å². The van der Waals surface area contributed by atoms with Gasteiger partial charge in [-0.1, -0.05) is 6.07 Å². The van der Waals surface area contributed by atoms with E-state index < -0.39 is 0 Å². The number of ether oxygens (including phenoxy) is 2. The van der Waals surface area contributed by atoms with Gasteiger partial charge in [-0.05, 0) is 36.6 Å². The van der Waals surface area contributed by atoms with Crippen molar-refractivity contribution in [1.82, 2.24) is 4.90 Å². The quantitative estimate of drug-likeness (QED) is 0.817. The van der Waals surface area contributed by atoms with E-state index in [2.05, 4.69) is 11.0 Å². The van der Waals surface area contributed by atoms with Gasteiger partial charge in [-0.15, -0.1) is 0 Å². The van der Waals surface area contributed by atoms with Gasteiger partial charge in [0.1, 0.15) is 0 Å². The van der Waals surface area contributed by atoms with E-state index in [0.717, 1.165) is 56.8 Å². The maximum absolute atomic E-state index is 10.1. The highest BCUT2D eigenvalue weighted by molar-refractivity contribution is 5.48. The topological polar surface area (TPSA) is 68.0 Å². The second-order valence-corrected chi connectivity index (χ2v) is 5.09. The molecule has 1 aliphatic rings. The molecule has 1 fully saturated rings. The maximum atomic E-state index is 10.1. The molecular weight excluding hydrogens is 256 g/mol. The van der Waals surface area contributed by atoms with E-state index in [4.69, 9.17) is 15.2 Å². The molecule has 0 saturated carbocycles. The first-order chi connectivity index (χ1) is 9.74. The summed E-state index contributed by atoms with van der Waals surface area (Å²) in [7, 11) is 1.58. The Morgan fingerprint density at radius 3 is 2.75 bits per heavy atom. The zero-order valence-corrected chi connectivity index (χ0v) is 12.1. The van der Waals surface area contributed by atoms with E-state index >= 15 is 0 Å². The second kappa shape index (κ2) is 7.47. The summed E-state index contributed by atoms with van der Waals surface area (Å²) < 4.78 is 10.6. The number of phenolic OH excluding ortho intramolecular Hbond substituents is 1. The van der Waals surface area contributed by atoms with Crippen molar-refractivity contribution in [1.29, 1.82) is 0 Å². The predicted octanol–water partition coefficient (Wildman–Crippen LogP) is 1.12. The van der Waals surface area contributed by atoms with Crippen molar-refractivity contribution in [3.05, 3.63) is 23.3 Å². The molecule has 0 radical (unpaired) electrons. The van der Waals surface area contributed by atoms with E-state index in [1.165, 1.54) is 0 Å². The Morgan fingerprint density at radius 2 is 2.10 bits per heavy atom. The van der Waals surface area contributed by atoms with E-state index in [1.54, 1.807) is 7.11 Å². The van der Waals surface area contributed by atoms with Crippen LogP contribution in [0.5, 0.6) is 11.5 Å². The van der Waals surface area contributed by atoms with Crippen LogP contribution in [0.4, 0.5) is 0 Å². The highest BCUT2D eigenvalue weighted by atomic mass is 16.5. The molecule has 0 bridgehead atoms. The number of phenols is 1. The molecule has 0 spiro atoms. The molecule has 0 aromatic heterocycles. The van der Waals surface area contributed by atoms with Crippen LogP contribution in [0.1, 0.15) is 17.5 Å². The van der Waals surface area contributed by atoms with Crippen molar-refractivity contribution in [3.8, 4) is 11.5 Å². The van der Waals surface area contributed by atoms with Gasteiger partial charge in [-0.3, -0.25) is 4.90 Å². The molecule has 5 heteroatoms. The number of hydrogen-bond donors (Lipinski definition) is 2. The number of aromatic hydroxyl groups is 1. The number of hydrogen-bond acceptors (Lipinski definition) is 5. The van der Waals surface area contributed by atoms with Crippen LogP contribution < -0.4 is 10.5 Å². The summed E-state index contributed by atoms with van der Waals surface area (Å²) >= 11 is 0. The Balaban J connectivity index is 2.14. The minimum Gasteiger partial charge on any atom is -0.504 e. The van der Waals surface area contributed by atoms with Gasteiger partial charge in [-0.2, -0.15) is 0 Å². The van der Waals surface area contributed by atoms with Gasteiger partial charge in [0.05, 0.1) is 20.3 Å². The standard InChI is InChI=1S/C15H24N2O3/c1-19-14-10-12(11-17-5-7-20-8-6-17)9-13(15(14)18)3-2-4-16/h9-10,18H,2-8,11,16H2,1H3. The number of rotatable bonds is 6. The average Bonchev–Trinajstić information content (AvgIpc) is 2.48. The molecular formula is C15H24N2O3. The van der Waals surface area contributed by atoms with E-state index in [0.29, 0.717) is 12.3 Å². The fourth-order valence-electron chi connectivity index (χ4n) is 2.48. The molecule has 0 amide bonds. The second-order valence-electron chi connectivity index (χ2n) is 5.09. The predicted molar refractivity (Wildman–Crippen MR) is 78.1 cm³/mol. The van der Waals surface area contributed by atoms with Gasteiger partial charge in [0.15, 0.2) is 11.5 Å². The van der Waals surface area contributed by atoms with E-state index in [9.17, 15) is 5.11 Å². The molecule has 20 heavy (non-hydrogen) atoms. The first-order valence-electron chi connectivity index (χ1n) is 7.13. The fourth-order valence-corrected chi connectivity index (χ4v) is 2.48. The fraction of sp³-hybridized carbons (Fsp3) is 0.600. The lowest BCUT2D eigenvalue weighted by Crippen LogP contribution is -2.35. The number of nitrogens with two attached hydrogens (primary N) is 1. The number of aryl methyl sites for hydroxylation is 1. The highest BCUT2D eigenvalue weighted by Gasteiger charge is 2.14. The Labute approximate surface area is 120 Å². The van der Waals surface area contributed by atoms with Crippen LogP contribution in [0.2, 0.25) is 0 Å². The molecule has 0 unspecified atom stereocenters. The van der Waals surface area contributed by atoms with Crippen LogP contribution in [0.25, 0.3) is 0 Å². The summed E-state index contributed by atoms with van der Waals surface area (Å²) in [4.78, 5) is 2.35. The smallest absolute Gasteiger partial charge is 0.161 e. The Hall–Kier alpha value is -1.30. The number of morpholine rings is 1. The maximum Gasteiger partial charge on any atom is 0.161 e. The molecule has 3 N–H and O–H groups in total. The number of benzene rings is 1. The zero-order valence-electron chi connectivity index (χ0n) is 12.1. The van der Waals surface area contributed by atoms with Gasteiger partial charge in [0.25, 0.3) is 0 Å². The monoisotopic (exact) mass is 280 g/mol. The summed E-state index contributed by atoms with van der Waals surface area (Å²) in [5.41, 5.74) is 7.63. The van der Waals surface area contributed by atoms with Gasteiger partial charge < -0.3 is 20.3 Å². The van der Waals surface area contributed by atoms with Gasteiger partial charge in [-0.25, -0.2) is 0 Å². The zero-order chi connectivity index (χ0) is 14.4. The molecule has 1 heterocycles. The van der Waals surface area contributed by atoms with Crippen LogP contribution in [0.3, 0.4) is 0 Å². The van der Waals surface area contributed by atoms with Crippen LogP contribution in [0.15, 0.2) is 12.1 Å². The molecule has 1 aromatic carbocycles. The molecule has 1 saturated heterocycles. The summed E-state index contributed by atoms with van der Waals surface area (Å²) in [6.45, 7) is 4.94. The minimum absolute atomic E-state index is 0.242. The largest absolute Gasteiger partial charge is 0.504 e. The van der Waals surface area contributed by atoms with Crippen molar-refractivity contribution < 1.29 is 14.6 Å². The lowest BCUT2D eigenvalue weighted by atomic mass is 10.0. The number of methoxy groups -OCH3 is 1. The number of nitrogens with zero attached hydrogens (tertiary/aromatic N) is 1. The first-order valence-corrected chi connectivity index (χ1v) is 7.13. The van der Waals surface area contributed by atoms with Crippen LogP contribution >= 0.6 is 0 Å². The van der Waals surface area contributed by atoms with Gasteiger partial charge in [0.2, 0.25) is 0 Å². The Kier molecular flexibility index (Phi) is 5.64. The SMILES string of the molecule is COc1cc(CN2CCOCC2)cc(CCCN)c1O. The van der Waals surface area contributed by atoms with Crippen LogP contribution in [-0.4, -0.2) is 50.0 Å². The van der Waals surface area contributed by atoms with Crippen LogP contribution in [-0.2, 0) is 17.7 Å². The molecule has 112 valence electrons. The van der Waals surface area contributed by atoms with Crippen LogP contribution in [0, 0.1) is 0 Å². The highest BCUT2D eigenvalue weighted by Crippen LogP contribution is 2.32. The first kappa shape index (κ1) is 15.1. The average molecular weight is 280 g/mol. The third-order valence-electron chi connectivity index (χ3n) is 3.59. The Morgan fingerprint density at radius 1 is 1.35 bits per heavy atom. The van der Waals surface area contributed by atoms with Gasteiger partial charge >= 0.3 is 0 Å². The summed E-state index contributed by atoms with van der Waals surface area (Å²) in [6.07, 6.45) is 1.63. The lowest BCUT2D eigenvalue weighted by Gasteiger charge is -2.27. The van der Waals surface area contributed by atoms with Gasteiger partial charge in [0, 0.05) is 19.6 Å². The summed E-state index contributed by atoms with van der Waals surface area (Å²) in [5.74, 6) is 0.787. The molecule has 0 atom stereocenters. The van der Waals surface area contributed by atoms with E-state index in [1.807, 2.05) is 6.07 Å². The van der Waals surface area contributed by atoms with Crippen molar-refractivity contribution in [2.24, 2.45) is 5.73 Å². The third-order valence-corrected chi connectivity index (χ3v) is 3.59. The van der Waals surface area contributed by atoms with Crippen molar-refractivity contribution in [2.75, 3.05) is 40.0 Å². The van der Waals surface area contributed by atoms with Crippen molar-refractivity contribution in [2.45, 2.75) is 19.4 Å². The molecule has 1 aromatic rings. The van der Waals surface area contributed by atoms with Crippen molar-refractivity contribution in [3.63, 3.8) is 0 Å². The Bertz CT molecular complexity index is 431. The normalized spacial score (nSPS) is 16.3. The minimum atomic E-state index is 0.242. The molecule has 0 aliphatic carbocycles. The lowest BCUT2D eigenvalue weighted by molar-refractivity contribution is 0.0341. The molecule has 5 nitrogen and oxygen atoms in total. The van der Waals surface area contributed by atoms with Crippen molar-refractivity contribution >= 4 is 0 Å². The summed E-state index contributed by atoms with van der Waals surface area (Å²) in [6, 6.07) is 3.97. The molecule has 2 rings (SSSR count). The third kappa shape index (κ3) is 3.85.